The number of rotatable bonds is 4. The highest BCUT2D eigenvalue weighted by atomic mass is 19.4. The van der Waals surface area contributed by atoms with Gasteiger partial charge in [0.2, 0.25) is 0 Å². The van der Waals surface area contributed by atoms with E-state index in [1.807, 2.05) is 12.3 Å². The second-order valence-corrected chi connectivity index (χ2v) is 8.67. The van der Waals surface area contributed by atoms with Crippen LogP contribution in [0.2, 0.25) is 0 Å². The lowest BCUT2D eigenvalue weighted by Gasteiger charge is -2.31. The monoisotopic (exact) mass is 671 g/mol. The van der Waals surface area contributed by atoms with Gasteiger partial charge in [0, 0.05) is 37.7 Å². The molecule has 1 saturated carbocycles. The molecule has 3 heterocycles. The highest BCUT2D eigenvalue weighted by Gasteiger charge is 2.44. The Hall–Kier alpha value is -4.27. The molecule has 2 bridgehead atoms. The van der Waals surface area contributed by atoms with Crippen LogP contribution in [0, 0.1) is 5.82 Å². The van der Waals surface area contributed by atoms with Crippen LogP contribution in [0.3, 0.4) is 0 Å². The van der Waals surface area contributed by atoms with E-state index >= 15 is 0 Å². The number of carboxylic acid groups (broad SMARTS) is 3. The smallest absolute Gasteiger partial charge is 0.475 e. The molecule has 1 saturated heterocycles. The van der Waals surface area contributed by atoms with Crippen molar-refractivity contribution in [1.82, 2.24) is 14.9 Å². The van der Waals surface area contributed by atoms with Crippen LogP contribution in [-0.2, 0) is 25.7 Å². The van der Waals surface area contributed by atoms with Crippen LogP contribution in [-0.4, -0.2) is 98.0 Å². The van der Waals surface area contributed by atoms with Gasteiger partial charge in [-0.25, -0.2) is 23.8 Å². The molecule has 252 valence electrons. The number of ether oxygens (including phenoxy) is 2. The minimum Gasteiger partial charge on any atom is -0.475 e. The Bertz CT molecular complexity index is 1190. The summed E-state index contributed by atoms with van der Waals surface area (Å²) in [6.45, 7) is 2.28. The summed E-state index contributed by atoms with van der Waals surface area (Å²) in [5.74, 6) is -8.64. The van der Waals surface area contributed by atoms with Crippen molar-refractivity contribution in [2.75, 3.05) is 13.2 Å². The van der Waals surface area contributed by atoms with E-state index in [4.69, 9.17) is 39.2 Å². The van der Waals surface area contributed by atoms with Gasteiger partial charge in [-0.1, -0.05) is 6.07 Å². The van der Waals surface area contributed by atoms with Crippen LogP contribution >= 0.6 is 0 Å². The maximum atomic E-state index is 13.9. The normalized spacial score (nSPS) is 19.6. The minimum atomic E-state index is -5.08. The Morgan fingerprint density at radius 1 is 0.867 bits per heavy atom. The molecule has 3 atom stereocenters. The predicted molar refractivity (Wildman–Crippen MR) is 127 cm³/mol. The van der Waals surface area contributed by atoms with Crippen molar-refractivity contribution < 1.29 is 83.1 Å². The lowest BCUT2D eigenvalue weighted by atomic mass is 10.1. The molecule has 1 aliphatic carbocycles. The molecule has 1 aliphatic heterocycles. The molecule has 0 radical (unpaired) electrons. The van der Waals surface area contributed by atoms with Crippen LogP contribution in [0.5, 0.6) is 5.88 Å². The molecule has 45 heavy (non-hydrogen) atoms. The quantitative estimate of drug-likeness (QED) is 0.398. The molecular formula is C24H23F10N3O8. The first-order chi connectivity index (χ1) is 20.6. The number of pyridine rings is 2. The minimum absolute atomic E-state index is 0.00435. The fourth-order valence-corrected chi connectivity index (χ4v) is 3.63. The fraction of sp³-hybridized carbons (Fsp3) is 0.458. The van der Waals surface area contributed by atoms with Crippen LogP contribution in [0.15, 0.2) is 42.9 Å². The van der Waals surface area contributed by atoms with Gasteiger partial charge in [0.1, 0.15) is 6.10 Å². The van der Waals surface area contributed by atoms with Gasteiger partial charge in [-0.2, -0.15) is 39.5 Å². The Balaban J connectivity index is 0.000000396. The summed E-state index contributed by atoms with van der Waals surface area (Å²) in [6, 6.07) is 7.14. The summed E-state index contributed by atoms with van der Waals surface area (Å²) in [6.07, 6.45) is -8.35. The highest BCUT2D eigenvalue weighted by Crippen LogP contribution is 2.33. The Kier molecular flexibility index (Phi) is 14.4. The Labute approximate surface area is 246 Å². The van der Waals surface area contributed by atoms with Gasteiger partial charge < -0.3 is 24.8 Å². The van der Waals surface area contributed by atoms with Crippen molar-refractivity contribution in [1.29, 1.82) is 0 Å². The third-order valence-corrected chi connectivity index (χ3v) is 5.48. The van der Waals surface area contributed by atoms with E-state index in [-0.39, 0.29) is 24.1 Å². The summed E-state index contributed by atoms with van der Waals surface area (Å²) in [7, 11) is 0. The van der Waals surface area contributed by atoms with Gasteiger partial charge in [0.15, 0.2) is 5.82 Å². The van der Waals surface area contributed by atoms with E-state index in [0.717, 1.165) is 31.5 Å². The van der Waals surface area contributed by atoms with Gasteiger partial charge in [-0.3, -0.25) is 9.88 Å². The zero-order valence-electron chi connectivity index (χ0n) is 22.3. The zero-order valence-corrected chi connectivity index (χ0v) is 22.3. The third kappa shape index (κ3) is 13.9. The van der Waals surface area contributed by atoms with E-state index in [9.17, 15) is 43.9 Å². The van der Waals surface area contributed by atoms with Crippen molar-refractivity contribution in [2.45, 2.75) is 56.2 Å². The molecule has 2 fully saturated rings. The first kappa shape index (κ1) is 38.8. The number of nitrogens with zero attached hydrogens (tertiary/aromatic N) is 3. The van der Waals surface area contributed by atoms with E-state index in [0.29, 0.717) is 6.61 Å². The molecule has 2 aromatic heterocycles. The second kappa shape index (κ2) is 16.7. The van der Waals surface area contributed by atoms with Crippen molar-refractivity contribution >= 4 is 17.9 Å². The van der Waals surface area contributed by atoms with E-state index < -0.39 is 42.3 Å². The van der Waals surface area contributed by atoms with Crippen LogP contribution in [0.1, 0.15) is 18.4 Å². The molecule has 0 spiro atoms. The molecule has 3 unspecified atom stereocenters. The number of halogens is 10. The lowest BCUT2D eigenvalue weighted by molar-refractivity contribution is -0.193. The van der Waals surface area contributed by atoms with E-state index in [1.165, 1.54) is 6.07 Å². The van der Waals surface area contributed by atoms with Crippen molar-refractivity contribution in [2.24, 2.45) is 0 Å². The van der Waals surface area contributed by atoms with Gasteiger partial charge >= 0.3 is 36.4 Å². The van der Waals surface area contributed by atoms with Crippen LogP contribution in [0.4, 0.5) is 43.9 Å². The zero-order chi connectivity index (χ0) is 34.6. The van der Waals surface area contributed by atoms with Crippen LogP contribution < -0.4 is 4.74 Å². The molecule has 21 heteroatoms. The van der Waals surface area contributed by atoms with Crippen molar-refractivity contribution in [3.8, 4) is 5.88 Å². The number of fused-ring (bicyclic) bond motifs is 2. The molecule has 2 aliphatic rings. The third-order valence-electron chi connectivity index (χ3n) is 5.48. The topological polar surface area (TPSA) is 159 Å². The van der Waals surface area contributed by atoms with E-state index in [2.05, 4.69) is 20.9 Å². The van der Waals surface area contributed by atoms with Crippen molar-refractivity contribution in [3.63, 3.8) is 0 Å². The average Bonchev–Trinajstić information content (AvgIpc) is 3.23. The fourth-order valence-electron chi connectivity index (χ4n) is 3.63. The molecule has 2 aromatic rings. The standard InChI is InChI=1S/C18H20FN3O2.3C2HF3O2/c19-14-4-2-8-21-18(14)24-17-15-5-6-16(17)23-10-9-22(15)12-13-3-1-7-20-11-13;3*3-2(4,5)1(6)7/h1-4,7-8,11,15-17H,5-6,9-10,12H2;3*(H,6,7). The van der Waals surface area contributed by atoms with Crippen molar-refractivity contribution in [3.05, 3.63) is 54.2 Å². The molecule has 0 aromatic carbocycles. The van der Waals surface area contributed by atoms with Gasteiger partial charge in [-0.05, 0) is 36.6 Å². The van der Waals surface area contributed by atoms with Gasteiger partial charge in [-0.15, -0.1) is 0 Å². The van der Waals surface area contributed by atoms with E-state index in [1.54, 1.807) is 18.5 Å². The SMILES string of the molecule is Fc1cccnc1OC1C2CCC1N(Cc1cccnc1)CCO2.O=C(O)C(F)(F)F.O=C(O)C(F)(F)F.O=C(O)C(F)(F)F. The lowest BCUT2D eigenvalue weighted by Crippen LogP contribution is -2.44. The number of alkyl halides is 9. The number of aromatic nitrogens is 2. The Morgan fingerprint density at radius 2 is 1.38 bits per heavy atom. The molecular weight excluding hydrogens is 648 g/mol. The van der Waals surface area contributed by atoms with Gasteiger partial charge in [0.25, 0.3) is 5.88 Å². The maximum Gasteiger partial charge on any atom is 0.490 e. The number of carboxylic acids is 3. The molecule has 11 nitrogen and oxygen atoms in total. The highest BCUT2D eigenvalue weighted by molar-refractivity contribution is 5.73. The summed E-state index contributed by atoms with van der Waals surface area (Å²) >= 11 is 0. The number of aliphatic carboxylic acids is 3. The predicted octanol–water partition coefficient (Wildman–Crippen LogP) is 4.33. The average molecular weight is 671 g/mol. The second-order valence-electron chi connectivity index (χ2n) is 8.67. The summed E-state index contributed by atoms with van der Waals surface area (Å²) in [4.78, 5) is 37.3. The van der Waals surface area contributed by atoms with Gasteiger partial charge in [0.05, 0.1) is 12.7 Å². The summed E-state index contributed by atoms with van der Waals surface area (Å²) in [5, 5.41) is 21.4. The first-order valence-corrected chi connectivity index (χ1v) is 12.1. The van der Waals surface area contributed by atoms with Crippen LogP contribution in [0.25, 0.3) is 0 Å². The first-order valence-electron chi connectivity index (χ1n) is 12.1. The number of hydrogen-bond acceptors (Lipinski definition) is 8. The summed E-state index contributed by atoms with van der Waals surface area (Å²) < 4.78 is 121. The summed E-state index contributed by atoms with van der Waals surface area (Å²) in [5.41, 5.74) is 1.16. The molecule has 4 rings (SSSR count). The largest absolute Gasteiger partial charge is 0.490 e. The number of hydrogen-bond donors (Lipinski definition) is 3. The number of carbonyl (C=O) groups is 3. The Morgan fingerprint density at radius 3 is 1.82 bits per heavy atom. The maximum absolute atomic E-state index is 13.9. The molecule has 0 amide bonds. The molecule has 3 N–H and O–H groups in total.